The van der Waals surface area contributed by atoms with E-state index in [2.05, 4.69) is 20.1 Å². The van der Waals surface area contributed by atoms with E-state index in [-0.39, 0.29) is 16.4 Å². The smallest absolute Gasteiger partial charge is 0.251 e. The molecule has 0 fully saturated rings. The standard InChI is InChI=1S/C16H24N6O3S/c1-12(15-18-11-19-22(15)4)20-26(24,25)14-7-5-6-13(10-14)16(23)17-8-9-21(2)3/h5-7,10-12,20H,8-9H2,1-4H3,(H,17,23)/t12-/m0/s1. The minimum atomic E-state index is -3.81. The SMILES string of the molecule is C[C@H](NS(=O)(=O)c1cccc(C(=O)NCCN(C)C)c1)c1ncnn1C. The van der Waals surface area contributed by atoms with Crippen molar-refractivity contribution < 1.29 is 13.2 Å². The molecule has 0 radical (unpaired) electrons. The number of amides is 1. The number of likely N-dealkylation sites (N-methyl/N-ethyl adjacent to an activating group) is 1. The molecule has 2 rings (SSSR count). The molecule has 1 aromatic carbocycles. The van der Waals surface area contributed by atoms with Gasteiger partial charge in [-0.15, -0.1) is 0 Å². The summed E-state index contributed by atoms with van der Waals surface area (Å²) in [5, 5.41) is 6.70. The normalized spacial score (nSPS) is 13.0. The van der Waals surface area contributed by atoms with Crippen LogP contribution < -0.4 is 10.0 Å². The fourth-order valence-electron chi connectivity index (χ4n) is 2.35. The van der Waals surface area contributed by atoms with Gasteiger partial charge in [0, 0.05) is 25.7 Å². The van der Waals surface area contributed by atoms with Crippen LogP contribution in [0.15, 0.2) is 35.5 Å². The first-order chi connectivity index (χ1) is 12.2. The average molecular weight is 380 g/mol. The summed E-state index contributed by atoms with van der Waals surface area (Å²) in [6.45, 7) is 2.85. The largest absolute Gasteiger partial charge is 0.351 e. The molecule has 0 unspecified atom stereocenters. The minimum Gasteiger partial charge on any atom is -0.351 e. The summed E-state index contributed by atoms with van der Waals surface area (Å²) in [4.78, 5) is 18.2. The highest BCUT2D eigenvalue weighted by Crippen LogP contribution is 2.16. The van der Waals surface area contributed by atoms with Crippen molar-refractivity contribution in [2.75, 3.05) is 27.2 Å². The Morgan fingerprint density at radius 1 is 1.35 bits per heavy atom. The quantitative estimate of drug-likeness (QED) is 0.675. The fourth-order valence-corrected chi connectivity index (χ4v) is 3.60. The predicted molar refractivity (Wildman–Crippen MR) is 97.1 cm³/mol. The monoisotopic (exact) mass is 380 g/mol. The van der Waals surface area contributed by atoms with Crippen molar-refractivity contribution in [1.29, 1.82) is 0 Å². The van der Waals surface area contributed by atoms with E-state index in [0.29, 0.717) is 18.9 Å². The third-order valence-electron chi connectivity index (χ3n) is 3.72. The first kappa shape index (κ1) is 20.0. The average Bonchev–Trinajstić information content (AvgIpc) is 3.00. The molecule has 0 aliphatic heterocycles. The maximum Gasteiger partial charge on any atom is 0.251 e. The number of nitrogens with one attached hydrogen (secondary N) is 2. The number of carbonyl (C=O) groups is 1. The summed E-state index contributed by atoms with van der Waals surface area (Å²) < 4.78 is 29.3. The van der Waals surface area contributed by atoms with Crippen molar-refractivity contribution in [3.63, 3.8) is 0 Å². The Balaban J connectivity index is 2.12. The molecule has 26 heavy (non-hydrogen) atoms. The Morgan fingerprint density at radius 3 is 2.69 bits per heavy atom. The first-order valence-corrected chi connectivity index (χ1v) is 9.58. The number of sulfonamides is 1. The molecule has 1 aromatic heterocycles. The fraction of sp³-hybridized carbons (Fsp3) is 0.438. The molecular formula is C16H24N6O3S. The highest BCUT2D eigenvalue weighted by atomic mass is 32.2. The molecule has 10 heteroatoms. The molecule has 142 valence electrons. The van der Waals surface area contributed by atoms with Crippen LogP contribution in [0.2, 0.25) is 0 Å². The predicted octanol–water partition coefficient (Wildman–Crippen LogP) is 0.146. The third kappa shape index (κ3) is 5.10. The van der Waals surface area contributed by atoms with E-state index in [0.717, 1.165) is 0 Å². The lowest BCUT2D eigenvalue weighted by molar-refractivity contribution is 0.0951. The molecule has 9 nitrogen and oxygen atoms in total. The zero-order valence-corrected chi connectivity index (χ0v) is 16.1. The van der Waals surface area contributed by atoms with Gasteiger partial charge in [-0.25, -0.2) is 18.1 Å². The van der Waals surface area contributed by atoms with Gasteiger partial charge in [0.1, 0.15) is 12.2 Å². The van der Waals surface area contributed by atoms with Crippen LogP contribution in [-0.4, -0.2) is 61.2 Å². The molecule has 0 spiro atoms. The molecule has 1 atom stereocenters. The summed E-state index contributed by atoms with van der Waals surface area (Å²) in [7, 11) is 1.69. The zero-order chi connectivity index (χ0) is 19.3. The maximum atomic E-state index is 12.6. The molecule has 0 aliphatic rings. The molecule has 0 bridgehead atoms. The van der Waals surface area contributed by atoms with Crippen LogP contribution in [0.25, 0.3) is 0 Å². The lowest BCUT2D eigenvalue weighted by atomic mass is 10.2. The maximum absolute atomic E-state index is 12.6. The van der Waals surface area contributed by atoms with E-state index < -0.39 is 16.1 Å². The van der Waals surface area contributed by atoms with E-state index >= 15 is 0 Å². The summed E-state index contributed by atoms with van der Waals surface area (Å²) in [5.41, 5.74) is 0.290. The molecule has 2 N–H and O–H groups in total. The summed E-state index contributed by atoms with van der Waals surface area (Å²) >= 11 is 0. The van der Waals surface area contributed by atoms with Gasteiger partial charge in [-0.3, -0.25) is 9.48 Å². The number of nitrogens with zero attached hydrogens (tertiary/aromatic N) is 4. The lowest BCUT2D eigenvalue weighted by Gasteiger charge is -2.14. The zero-order valence-electron chi connectivity index (χ0n) is 15.3. The Kier molecular flexibility index (Phi) is 6.46. The highest BCUT2D eigenvalue weighted by molar-refractivity contribution is 7.89. The minimum absolute atomic E-state index is 0.0202. The Hall–Kier alpha value is -2.30. The van der Waals surface area contributed by atoms with Gasteiger partial charge in [-0.05, 0) is 39.2 Å². The first-order valence-electron chi connectivity index (χ1n) is 8.10. The van der Waals surface area contributed by atoms with Crippen molar-refractivity contribution in [1.82, 2.24) is 29.7 Å². The van der Waals surface area contributed by atoms with E-state index in [1.165, 1.54) is 23.1 Å². The van der Waals surface area contributed by atoms with Gasteiger partial charge < -0.3 is 10.2 Å². The van der Waals surface area contributed by atoms with Crippen molar-refractivity contribution in [3.05, 3.63) is 42.0 Å². The number of aromatic nitrogens is 3. The van der Waals surface area contributed by atoms with Crippen LogP contribution in [0.3, 0.4) is 0 Å². The van der Waals surface area contributed by atoms with Gasteiger partial charge in [0.2, 0.25) is 10.0 Å². The van der Waals surface area contributed by atoms with Gasteiger partial charge in [0.05, 0.1) is 10.9 Å². The van der Waals surface area contributed by atoms with Crippen molar-refractivity contribution in [2.24, 2.45) is 7.05 Å². The van der Waals surface area contributed by atoms with Gasteiger partial charge in [-0.1, -0.05) is 6.07 Å². The summed E-state index contributed by atoms with van der Waals surface area (Å²) in [6.07, 6.45) is 1.36. The van der Waals surface area contributed by atoms with E-state index in [1.807, 2.05) is 19.0 Å². The number of aryl methyl sites for hydroxylation is 1. The van der Waals surface area contributed by atoms with Crippen LogP contribution >= 0.6 is 0 Å². The van der Waals surface area contributed by atoms with Crippen LogP contribution in [0.5, 0.6) is 0 Å². The second kappa shape index (κ2) is 8.39. The van der Waals surface area contributed by atoms with Gasteiger partial charge in [0.15, 0.2) is 0 Å². The number of benzene rings is 1. The van der Waals surface area contributed by atoms with Crippen LogP contribution in [0.1, 0.15) is 29.1 Å². The molecule has 0 saturated carbocycles. The van der Waals surface area contributed by atoms with Crippen molar-refractivity contribution in [3.8, 4) is 0 Å². The van der Waals surface area contributed by atoms with E-state index in [9.17, 15) is 13.2 Å². The lowest BCUT2D eigenvalue weighted by Crippen LogP contribution is -2.32. The van der Waals surface area contributed by atoms with Crippen LogP contribution in [0.4, 0.5) is 0 Å². The Morgan fingerprint density at radius 2 is 2.08 bits per heavy atom. The molecular weight excluding hydrogens is 356 g/mol. The number of rotatable bonds is 8. The van der Waals surface area contributed by atoms with E-state index in [4.69, 9.17) is 0 Å². The van der Waals surface area contributed by atoms with Gasteiger partial charge >= 0.3 is 0 Å². The molecule has 2 aromatic rings. The van der Waals surface area contributed by atoms with Gasteiger partial charge in [-0.2, -0.15) is 5.10 Å². The summed E-state index contributed by atoms with van der Waals surface area (Å²) in [6, 6.07) is 5.36. The van der Waals surface area contributed by atoms with Crippen LogP contribution in [-0.2, 0) is 17.1 Å². The topological polar surface area (TPSA) is 109 Å². The van der Waals surface area contributed by atoms with Crippen LogP contribution in [0, 0.1) is 0 Å². The second-order valence-corrected chi connectivity index (χ2v) is 7.89. The highest BCUT2D eigenvalue weighted by Gasteiger charge is 2.22. The Labute approximate surface area is 153 Å². The Bertz CT molecular complexity index is 862. The van der Waals surface area contributed by atoms with E-state index in [1.54, 1.807) is 26.1 Å². The molecule has 1 heterocycles. The van der Waals surface area contributed by atoms with Crippen molar-refractivity contribution >= 4 is 15.9 Å². The van der Waals surface area contributed by atoms with Gasteiger partial charge in [0.25, 0.3) is 5.91 Å². The number of hydrogen-bond acceptors (Lipinski definition) is 6. The van der Waals surface area contributed by atoms with Crippen molar-refractivity contribution in [2.45, 2.75) is 17.9 Å². The number of carbonyl (C=O) groups excluding carboxylic acids is 1. The third-order valence-corrected chi connectivity index (χ3v) is 5.26. The summed E-state index contributed by atoms with van der Waals surface area (Å²) in [5.74, 6) is 0.177. The molecule has 0 saturated heterocycles. The second-order valence-electron chi connectivity index (χ2n) is 6.17. The molecule has 0 aliphatic carbocycles. The number of hydrogen-bond donors (Lipinski definition) is 2. The molecule has 1 amide bonds.